The predicted octanol–water partition coefficient (Wildman–Crippen LogP) is 0.865. The number of hydrogen-bond acceptors (Lipinski definition) is 3. The van der Waals surface area contributed by atoms with Gasteiger partial charge in [0.05, 0.1) is 5.33 Å². The Hall–Kier alpha value is -0.130. The number of rotatable bonds is 1. The second-order valence-electron chi connectivity index (χ2n) is 3.80. The Morgan fingerprint density at radius 2 is 2.23 bits per heavy atom. The molecule has 0 bridgehead atoms. The monoisotopic (exact) mass is 249 g/mol. The van der Waals surface area contributed by atoms with Crippen LogP contribution in [0.4, 0.5) is 0 Å². The fraction of sp³-hybridized carbons (Fsp3) is 0.875. The number of fused-ring (bicyclic) bond motifs is 1. The van der Waals surface area contributed by atoms with Gasteiger partial charge < -0.3 is 14.7 Å². The Morgan fingerprint density at radius 1 is 1.54 bits per heavy atom. The molecule has 0 radical (unpaired) electrons. The van der Waals surface area contributed by atoms with Gasteiger partial charge in [-0.15, -0.1) is 0 Å². The number of alkyl halides is 1. The normalized spacial score (nSPS) is 41.8. The summed E-state index contributed by atoms with van der Waals surface area (Å²) in [5.41, 5.74) is 0. The van der Waals surface area contributed by atoms with E-state index < -0.39 is 5.79 Å². The van der Waals surface area contributed by atoms with E-state index in [4.69, 9.17) is 9.47 Å². The van der Waals surface area contributed by atoms with Crippen molar-refractivity contribution in [2.75, 3.05) is 5.33 Å². The van der Waals surface area contributed by atoms with Crippen LogP contribution in [0.1, 0.15) is 13.8 Å². The first-order valence-electron chi connectivity index (χ1n) is 4.25. The summed E-state index contributed by atoms with van der Waals surface area (Å²) in [6.45, 7) is 3.72. The Balaban J connectivity index is 2.18. The second-order valence-corrected chi connectivity index (χ2v) is 4.44. The molecule has 4 nitrogen and oxygen atoms in total. The SMILES string of the molecule is CC1(C)O[C@H]2[C@H](C=[N+]([O-])[C@H]2CBr)O1. The van der Waals surface area contributed by atoms with Crippen LogP contribution in [0.3, 0.4) is 0 Å². The van der Waals surface area contributed by atoms with Gasteiger partial charge in [-0.1, -0.05) is 15.9 Å². The summed E-state index contributed by atoms with van der Waals surface area (Å²) < 4.78 is 12.1. The molecule has 0 aromatic carbocycles. The molecule has 0 amide bonds. The minimum atomic E-state index is -0.562. The van der Waals surface area contributed by atoms with Crippen LogP contribution in [-0.4, -0.2) is 40.3 Å². The molecule has 74 valence electrons. The fourth-order valence-electron chi connectivity index (χ4n) is 1.79. The van der Waals surface area contributed by atoms with Crippen LogP contribution in [0.2, 0.25) is 0 Å². The Labute approximate surface area is 85.2 Å². The Kier molecular flexibility index (Phi) is 2.13. The van der Waals surface area contributed by atoms with Crippen molar-refractivity contribution < 1.29 is 14.2 Å². The largest absolute Gasteiger partial charge is 0.624 e. The molecule has 2 aliphatic heterocycles. The van der Waals surface area contributed by atoms with Crippen molar-refractivity contribution in [3.63, 3.8) is 0 Å². The van der Waals surface area contributed by atoms with Crippen LogP contribution in [-0.2, 0) is 9.47 Å². The van der Waals surface area contributed by atoms with E-state index in [0.29, 0.717) is 5.33 Å². The van der Waals surface area contributed by atoms with Gasteiger partial charge in [-0.25, -0.2) is 4.74 Å². The van der Waals surface area contributed by atoms with Gasteiger partial charge >= 0.3 is 0 Å². The van der Waals surface area contributed by atoms with Crippen LogP contribution >= 0.6 is 15.9 Å². The van der Waals surface area contributed by atoms with Crippen molar-refractivity contribution >= 4 is 22.1 Å². The van der Waals surface area contributed by atoms with E-state index in [9.17, 15) is 5.21 Å². The van der Waals surface area contributed by atoms with Crippen molar-refractivity contribution in [1.29, 1.82) is 0 Å². The van der Waals surface area contributed by atoms with Crippen molar-refractivity contribution in [2.24, 2.45) is 0 Å². The molecule has 2 heterocycles. The fourth-order valence-corrected chi connectivity index (χ4v) is 2.44. The number of hydrogen-bond donors (Lipinski definition) is 0. The summed E-state index contributed by atoms with van der Waals surface area (Å²) in [5.74, 6) is -0.562. The number of nitrogens with zero attached hydrogens (tertiary/aromatic N) is 1. The third-order valence-electron chi connectivity index (χ3n) is 2.32. The van der Waals surface area contributed by atoms with E-state index >= 15 is 0 Å². The molecule has 0 spiro atoms. The van der Waals surface area contributed by atoms with Crippen LogP contribution in [0.5, 0.6) is 0 Å². The van der Waals surface area contributed by atoms with Gasteiger partial charge in [0.2, 0.25) is 6.04 Å². The zero-order valence-corrected chi connectivity index (χ0v) is 9.15. The summed E-state index contributed by atoms with van der Waals surface area (Å²) in [6, 6.07) is -0.160. The highest BCUT2D eigenvalue weighted by molar-refractivity contribution is 9.09. The van der Waals surface area contributed by atoms with Crippen LogP contribution in [0, 0.1) is 5.21 Å². The van der Waals surface area contributed by atoms with E-state index in [1.807, 2.05) is 13.8 Å². The van der Waals surface area contributed by atoms with Crippen LogP contribution in [0.25, 0.3) is 0 Å². The lowest BCUT2D eigenvalue weighted by Crippen LogP contribution is -2.35. The minimum Gasteiger partial charge on any atom is -0.624 e. The smallest absolute Gasteiger partial charge is 0.201 e. The molecule has 5 heteroatoms. The first-order chi connectivity index (χ1) is 6.03. The third kappa shape index (κ3) is 1.49. The molecular weight excluding hydrogens is 238 g/mol. The van der Waals surface area contributed by atoms with Crippen molar-refractivity contribution in [1.82, 2.24) is 0 Å². The summed E-state index contributed by atoms with van der Waals surface area (Å²) >= 11 is 3.29. The van der Waals surface area contributed by atoms with Crippen LogP contribution in [0.15, 0.2) is 0 Å². The summed E-state index contributed by atoms with van der Waals surface area (Å²) in [5, 5.41) is 11.9. The molecule has 0 saturated carbocycles. The lowest BCUT2D eigenvalue weighted by molar-refractivity contribution is -0.494. The predicted molar refractivity (Wildman–Crippen MR) is 51.1 cm³/mol. The van der Waals surface area contributed by atoms with E-state index in [1.54, 1.807) is 6.21 Å². The quantitative estimate of drug-likeness (QED) is 0.394. The van der Waals surface area contributed by atoms with Crippen molar-refractivity contribution in [3.05, 3.63) is 5.21 Å². The summed E-state index contributed by atoms with van der Waals surface area (Å²) in [4.78, 5) is 0. The van der Waals surface area contributed by atoms with E-state index in [1.165, 1.54) is 0 Å². The summed E-state index contributed by atoms with van der Waals surface area (Å²) in [7, 11) is 0. The highest BCUT2D eigenvalue weighted by atomic mass is 79.9. The van der Waals surface area contributed by atoms with Gasteiger partial charge in [0, 0.05) is 0 Å². The van der Waals surface area contributed by atoms with E-state index in [-0.39, 0.29) is 18.2 Å². The average Bonchev–Trinajstić information content (AvgIpc) is 2.39. The number of ether oxygens (including phenoxy) is 2. The molecule has 0 aromatic heterocycles. The molecule has 3 atom stereocenters. The van der Waals surface area contributed by atoms with Gasteiger partial charge in [-0.2, -0.15) is 0 Å². The standard InChI is InChI=1S/C8H12BrNO3/c1-8(2)12-6-4-10(11)5(3-9)7(6)13-8/h4-7H,3H2,1-2H3/t5-,6-,7+/m0/s1. The first-order valence-corrected chi connectivity index (χ1v) is 5.38. The molecule has 0 aliphatic carbocycles. The number of hydroxylamine groups is 1. The molecule has 2 aliphatic rings. The molecule has 0 aromatic rings. The van der Waals surface area contributed by atoms with Crippen molar-refractivity contribution in [3.8, 4) is 0 Å². The number of halogens is 1. The summed E-state index contributed by atoms with van der Waals surface area (Å²) in [6.07, 6.45) is 1.23. The molecule has 0 N–H and O–H groups in total. The minimum absolute atomic E-state index is 0.133. The second kappa shape index (κ2) is 2.93. The van der Waals surface area contributed by atoms with E-state index in [0.717, 1.165) is 4.74 Å². The van der Waals surface area contributed by atoms with Crippen molar-refractivity contribution in [2.45, 2.75) is 37.9 Å². The topological polar surface area (TPSA) is 44.5 Å². The highest BCUT2D eigenvalue weighted by Gasteiger charge is 2.52. The lowest BCUT2D eigenvalue weighted by atomic mass is 10.1. The first kappa shape index (κ1) is 9.43. The third-order valence-corrected chi connectivity index (χ3v) is 2.99. The Morgan fingerprint density at radius 3 is 2.85 bits per heavy atom. The average molecular weight is 250 g/mol. The zero-order chi connectivity index (χ0) is 9.64. The van der Waals surface area contributed by atoms with Gasteiger partial charge in [-0.05, 0) is 13.8 Å². The van der Waals surface area contributed by atoms with E-state index in [2.05, 4.69) is 15.9 Å². The molecule has 0 unspecified atom stereocenters. The van der Waals surface area contributed by atoms with Gasteiger partial charge in [0.15, 0.2) is 24.2 Å². The lowest BCUT2D eigenvalue weighted by Gasteiger charge is -2.20. The van der Waals surface area contributed by atoms with Crippen LogP contribution < -0.4 is 0 Å². The molecule has 2 rings (SSSR count). The highest BCUT2D eigenvalue weighted by Crippen LogP contribution is 2.33. The Bertz CT molecular complexity index is 254. The van der Waals surface area contributed by atoms with Gasteiger partial charge in [0.25, 0.3) is 0 Å². The van der Waals surface area contributed by atoms with Gasteiger partial charge in [0.1, 0.15) is 0 Å². The maximum absolute atomic E-state index is 11.3. The molecule has 1 saturated heterocycles. The molecule has 13 heavy (non-hydrogen) atoms. The molecule has 1 fully saturated rings. The van der Waals surface area contributed by atoms with Gasteiger partial charge in [-0.3, -0.25) is 0 Å². The molecular formula is C8H12BrNO3. The maximum Gasteiger partial charge on any atom is 0.201 e. The zero-order valence-electron chi connectivity index (χ0n) is 7.57. The maximum atomic E-state index is 11.3.